The van der Waals surface area contributed by atoms with Crippen molar-refractivity contribution in [3.05, 3.63) is 0 Å². The van der Waals surface area contributed by atoms with Gasteiger partial charge in [-0.1, -0.05) is 45.4 Å². The van der Waals surface area contributed by atoms with Crippen LogP contribution >= 0.6 is 12.4 Å². The molecule has 2 nitrogen and oxygen atoms in total. The first-order valence-electron chi connectivity index (χ1n) is 7.02. The molecule has 0 bridgehead atoms. The predicted octanol–water partition coefficient (Wildman–Crippen LogP) is 3.88. The van der Waals surface area contributed by atoms with E-state index in [4.69, 9.17) is 4.74 Å². The number of ether oxygens (including phenoxy) is 1. The fourth-order valence-electron chi connectivity index (χ4n) is 2.25. The van der Waals surface area contributed by atoms with Gasteiger partial charge < -0.3 is 9.64 Å². The molecule has 2 atom stereocenters. The van der Waals surface area contributed by atoms with Crippen LogP contribution in [0.3, 0.4) is 0 Å². The fourth-order valence-corrected chi connectivity index (χ4v) is 2.25. The molecule has 17 heavy (non-hydrogen) atoms. The lowest BCUT2D eigenvalue weighted by atomic mass is 10.0. The maximum Gasteiger partial charge on any atom is 0.0824 e. The normalized spacial score (nSPS) is 20.1. The molecule has 1 saturated heterocycles. The number of epoxide rings is 1. The molecule has 1 heterocycles. The molecule has 0 aromatic rings. The van der Waals surface area contributed by atoms with Gasteiger partial charge in [0.2, 0.25) is 0 Å². The Bertz CT molecular complexity index is 172. The van der Waals surface area contributed by atoms with Crippen LogP contribution in [-0.4, -0.2) is 37.7 Å². The molecule has 3 heteroatoms. The number of nitrogens with zero attached hydrogens (tertiary/aromatic N) is 1. The van der Waals surface area contributed by atoms with Gasteiger partial charge in [-0.2, -0.15) is 0 Å². The lowest BCUT2D eigenvalue weighted by Gasteiger charge is -2.23. The van der Waals surface area contributed by atoms with Crippen LogP contribution in [0, 0.1) is 0 Å². The zero-order valence-corrected chi connectivity index (χ0v) is 12.6. The van der Waals surface area contributed by atoms with E-state index < -0.39 is 0 Å². The predicted molar refractivity (Wildman–Crippen MR) is 77.1 cm³/mol. The quantitative estimate of drug-likeness (QED) is 0.439. The van der Waals surface area contributed by atoms with Crippen molar-refractivity contribution >= 4 is 12.4 Å². The molecule has 0 amide bonds. The minimum Gasteiger partial charge on any atom is -0.373 e. The number of hydrogen-bond acceptors (Lipinski definition) is 2. The second kappa shape index (κ2) is 10.2. The zero-order chi connectivity index (χ0) is 11.8. The van der Waals surface area contributed by atoms with Crippen molar-refractivity contribution in [2.75, 3.05) is 20.7 Å². The Morgan fingerprint density at radius 2 is 1.71 bits per heavy atom. The summed E-state index contributed by atoms with van der Waals surface area (Å²) in [5.41, 5.74) is 0. The molecule has 1 rings (SSSR count). The Morgan fingerprint density at radius 1 is 1.12 bits per heavy atom. The van der Waals surface area contributed by atoms with Gasteiger partial charge in [-0.15, -0.1) is 12.4 Å². The van der Waals surface area contributed by atoms with E-state index in [1.165, 1.54) is 51.4 Å². The van der Waals surface area contributed by atoms with Gasteiger partial charge >= 0.3 is 0 Å². The highest BCUT2D eigenvalue weighted by Crippen LogP contribution is 2.21. The van der Waals surface area contributed by atoms with E-state index in [9.17, 15) is 0 Å². The highest BCUT2D eigenvalue weighted by atomic mass is 35.5. The van der Waals surface area contributed by atoms with E-state index in [1.807, 2.05) is 0 Å². The number of unbranched alkanes of at least 4 members (excludes halogenated alkanes) is 5. The Kier molecular flexibility index (Phi) is 10.3. The smallest absolute Gasteiger partial charge is 0.0824 e. The zero-order valence-electron chi connectivity index (χ0n) is 11.8. The summed E-state index contributed by atoms with van der Waals surface area (Å²) in [6, 6.07) is 0.735. The largest absolute Gasteiger partial charge is 0.373 e. The Labute approximate surface area is 114 Å². The second-order valence-electron chi connectivity index (χ2n) is 5.36. The van der Waals surface area contributed by atoms with Crippen molar-refractivity contribution in [2.45, 2.75) is 70.4 Å². The molecule has 2 unspecified atom stereocenters. The minimum atomic E-state index is 0. The summed E-state index contributed by atoms with van der Waals surface area (Å²) in [5.74, 6) is 0. The van der Waals surface area contributed by atoms with Crippen molar-refractivity contribution in [3.63, 3.8) is 0 Å². The molecular weight excluding hydrogens is 234 g/mol. The van der Waals surface area contributed by atoms with Crippen molar-refractivity contribution < 1.29 is 4.74 Å². The van der Waals surface area contributed by atoms with Gasteiger partial charge in [0.15, 0.2) is 0 Å². The Balaban J connectivity index is 0.00000256. The van der Waals surface area contributed by atoms with Gasteiger partial charge in [-0.3, -0.25) is 0 Å². The first-order chi connectivity index (χ1) is 7.74. The van der Waals surface area contributed by atoms with Gasteiger partial charge in [0.1, 0.15) is 0 Å². The van der Waals surface area contributed by atoms with E-state index in [2.05, 4.69) is 25.9 Å². The highest BCUT2D eigenvalue weighted by Gasteiger charge is 2.27. The summed E-state index contributed by atoms with van der Waals surface area (Å²) in [6.07, 6.45) is 11.6. The first kappa shape index (κ1) is 17.2. The van der Waals surface area contributed by atoms with Crippen LogP contribution in [0.25, 0.3) is 0 Å². The van der Waals surface area contributed by atoms with E-state index >= 15 is 0 Å². The summed E-state index contributed by atoms with van der Waals surface area (Å²) < 4.78 is 5.32. The van der Waals surface area contributed by atoms with Crippen LogP contribution in [0.4, 0.5) is 0 Å². The summed E-state index contributed by atoms with van der Waals surface area (Å²) in [4.78, 5) is 2.37. The molecular formula is C14H30ClNO. The third kappa shape index (κ3) is 8.87. The third-order valence-electron chi connectivity index (χ3n) is 3.56. The van der Waals surface area contributed by atoms with Crippen LogP contribution in [-0.2, 0) is 4.74 Å². The summed E-state index contributed by atoms with van der Waals surface area (Å²) in [7, 11) is 4.40. The molecule has 1 fully saturated rings. The third-order valence-corrected chi connectivity index (χ3v) is 3.56. The van der Waals surface area contributed by atoms with E-state index in [0.29, 0.717) is 6.10 Å². The monoisotopic (exact) mass is 263 g/mol. The van der Waals surface area contributed by atoms with Crippen molar-refractivity contribution in [1.82, 2.24) is 4.90 Å². The van der Waals surface area contributed by atoms with Gasteiger partial charge in [-0.05, 0) is 26.9 Å². The molecule has 1 aliphatic rings. The van der Waals surface area contributed by atoms with Crippen molar-refractivity contribution in [1.29, 1.82) is 0 Å². The van der Waals surface area contributed by atoms with Gasteiger partial charge in [0, 0.05) is 6.04 Å². The summed E-state index contributed by atoms with van der Waals surface area (Å²) >= 11 is 0. The lowest BCUT2D eigenvalue weighted by Crippen LogP contribution is -2.29. The SMILES string of the molecule is CCCCCCCCC(CC1CO1)N(C)C.Cl. The first-order valence-corrected chi connectivity index (χ1v) is 7.02. The van der Waals surface area contributed by atoms with Gasteiger partial charge in [0.05, 0.1) is 12.7 Å². The molecule has 1 aliphatic heterocycles. The number of hydrogen-bond donors (Lipinski definition) is 0. The van der Waals surface area contributed by atoms with Crippen molar-refractivity contribution in [3.8, 4) is 0 Å². The molecule has 0 aliphatic carbocycles. The lowest BCUT2D eigenvalue weighted by molar-refractivity contribution is 0.235. The maximum atomic E-state index is 5.32. The van der Waals surface area contributed by atoms with Crippen molar-refractivity contribution in [2.24, 2.45) is 0 Å². The standard InChI is InChI=1S/C14H29NO.ClH/c1-4-5-6-7-8-9-10-13(15(2)3)11-14-12-16-14;/h13-14H,4-12H2,1-3H3;1H. The van der Waals surface area contributed by atoms with Crippen LogP contribution in [0.5, 0.6) is 0 Å². The molecule has 0 aromatic heterocycles. The highest BCUT2D eigenvalue weighted by molar-refractivity contribution is 5.85. The van der Waals surface area contributed by atoms with E-state index in [-0.39, 0.29) is 12.4 Å². The van der Waals surface area contributed by atoms with Gasteiger partial charge in [-0.25, -0.2) is 0 Å². The summed E-state index contributed by atoms with van der Waals surface area (Å²) in [5, 5.41) is 0. The van der Waals surface area contributed by atoms with E-state index in [1.54, 1.807) is 0 Å². The van der Waals surface area contributed by atoms with Crippen LogP contribution in [0.1, 0.15) is 58.3 Å². The molecule has 104 valence electrons. The maximum absolute atomic E-state index is 5.32. The van der Waals surface area contributed by atoms with Crippen LogP contribution in [0.15, 0.2) is 0 Å². The number of halogens is 1. The molecule has 0 aromatic carbocycles. The molecule has 0 radical (unpaired) electrons. The Hall–Kier alpha value is 0.210. The van der Waals surface area contributed by atoms with Gasteiger partial charge in [0.25, 0.3) is 0 Å². The average Bonchev–Trinajstić information content (AvgIpc) is 3.05. The van der Waals surface area contributed by atoms with Crippen LogP contribution in [0.2, 0.25) is 0 Å². The summed E-state index contributed by atoms with van der Waals surface area (Å²) in [6.45, 7) is 3.28. The van der Waals surface area contributed by atoms with E-state index in [0.717, 1.165) is 12.6 Å². The minimum absolute atomic E-state index is 0. The number of rotatable bonds is 10. The fraction of sp³-hybridized carbons (Fsp3) is 1.00. The molecule has 0 N–H and O–H groups in total. The Morgan fingerprint density at radius 3 is 2.24 bits per heavy atom. The molecule has 0 saturated carbocycles. The average molecular weight is 264 g/mol. The molecule has 0 spiro atoms. The second-order valence-corrected chi connectivity index (χ2v) is 5.36. The topological polar surface area (TPSA) is 15.8 Å². The van der Waals surface area contributed by atoms with Crippen LogP contribution < -0.4 is 0 Å².